The molecule has 0 N–H and O–H groups in total. The van der Waals surface area contributed by atoms with Crippen LogP contribution < -0.4 is 0 Å². The summed E-state index contributed by atoms with van der Waals surface area (Å²) in [6.45, 7) is 7.99. The number of benzene rings is 8. The minimum Gasteiger partial charge on any atom is -0.310 e. The number of nitrogens with zero attached hydrogens (tertiary/aromatic N) is 5. The summed E-state index contributed by atoms with van der Waals surface area (Å²) in [6, 6.07) is 57.0. The molecule has 0 bridgehead atoms. The summed E-state index contributed by atoms with van der Waals surface area (Å²) in [5, 5.41) is 17.7. The van der Waals surface area contributed by atoms with Gasteiger partial charge in [0, 0.05) is 27.9 Å². The molecule has 10 rings (SSSR count). The molecule has 286 valence electrons. The first-order valence-corrected chi connectivity index (χ1v) is 20.1. The molecule has 2 heterocycles. The van der Waals surface area contributed by atoms with Gasteiger partial charge < -0.3 is 4.57 Å². The average Bonchev–Trinajstić information content (AvgIpc) is 3.69. The van der Waals surface area contributed by atoms with E-state index in [0.29, 0.717) is 23.0 Å². The topological polar surface area (TPSA) is 67.4 Å². The van der Waals surface area contributed by atoms with E-state index >= 15 is 0 Å². The second-order valence-electron chi connectivity index (χ2n) is 14.8. The maximum Gasteiger partial charge on any atom is 0.164 e. The van der Waals surface area contributed by atoms with Gasteiger partial charge in [-0.1, -0.05) is 165 Å². The number of fused-ring (bicyclic) bond motifs is 1. The number of rotatable bonds is 10. The lowest BCUT2D eigenvalue weighted by Crippen LogP contribution is -2.00. The minimum atomic E-state index is 0.580. The lowest BCUT2D eigenvalue weighted by atomic mass is 9.88. The Morgan fingerprint density at radius 2 is 1.23 bits per heavy atom. The number of hydrogen-bond donors (Lipinski definition) is 0. The highest BCUT2D eigenvalue weighted by molar-refractivity contribution is 6.27. The summed E-state index contributed by atoms with van der Waals surface area (Å²) in [6.07, 6.45) is 13.4. The van der Waals surface area contributed by atoms with Crippen LogP contribution in [0.1, 0.15) is 22.6 Å². The van der Waals surface area contributed by atoms with E-state index in [1.165, 1.54) is 21.5 Å². The summed E-state index contributed by atoms with van der Waals surface area (Å²) in [5.74, 6) is 1.82. The molecule has 0 aliphatic rings. The molecular formula is C56H37N5. The first-order valence-electron chi connectivity index (χ1n) is 20.1. The standard InChI is InChI=1S/C56H37N5/c1-3-5-6-13-18-52-58-55(43-14-9-7-10-15-43)60-56(59-52)50-32-28-42-26-30-48-47(29-25-41-27-31-49(50)54(42)53(41)48)40-23-21-39(22-24-40)38(4-2)34-46-35-44-20-19-37(36-57)33-51(44)61(46)45-16-11-8-12-17-45/h3-35H,1-2H2/b6-5-,18-13+,38-34+. The molecule has 10 aromatic rings. The Morgan fingerprint density at radius 3 is 1.93 bits per heavy atom. The normalized spacial score (nSPS) is 12.0. The number of allylic oxidation sites excluding steroid dienone is 6. The van der Waals surface area contributed by atoms with Crippen LogP contribution in [-0.2, 0) is 0 Å². The van der Waals surface area contributed by atoms with E-state index in [1.54, 1.807) is 6.08 Å². The van der Waals surface area contributed by atoms with E-state index in [-0.39, 0.29) is 0 Å². The average molecular weight is 780 g/mol. The van der Waals surface area contributed by atoms with Crippen molar-refractivity contribution in [3.8, 4) is 45.7 Å². The second kappa shape index (κ2) is 15.7. The van der Waals surface area contributed by atoms with Crippen molar-refractivity contribution in [1.82, 2.24) is 19.5 Å². The van der Waals surface area contributed by atoms with Crippen LogP contribution in [-0.4, -0.2) is 19.5 Å². The van der Waals surface area contributed by atoms with Gasteiger partial charge in [0.2, 0.25) is 0 Å². The Hall–Kier alpha value is -8.46. The van der Waals surface area contributed by atoms with Gasteiger partial charge in [-0.3, -0.25) is 0 Å². The molecule has 8 aromatic carbocycles. The molecule has 0 aliphatic carbocycles. The molecule has 0 aliphatic heterocycles. The number of para-hydroxylation sites is 1. The Labute approximate surface area is 353 Å². The van der Waals surface area contributed by atoms with Crippen molar-refractivity contribution in [3.05, 3.63) is 224 Å². The molecule has 0 unspecified atom stereocenters. The fourth-order valence-electron chi connectivity index (χ4n) is 8.36. The van der Waals surface area contributed by atoms with Crippen LogP contribution in [0.2, 0.25) is 0 Å². The van der Waals surface area contributed by atoms with Crippen LogP contribution in [0.4, 0.5) is 0 Å². The molecule has 0 fully saturated rings. The van der Waals surface area contributed by atoms with Crippen molar-refractivity contribution in [3.63, 3.8) is 0 Å². The molecule has 61 heavy (non-hydrogen) atoms. The van der Waals surface area contributed by atoms with Gasteiger partial charge in [-0.2, -0.15) is 5.26 Å². The van der Waals surface area contributed by atoms with E-state index < -0.39 is 0 Å². The Balaban J connectivity index is 1.06. The number of hydrogen-bond acceptors (Lipinski definition) is 4. The van der Waals surface area contributed by atoms with Crippen molar-refractivity contribution in [2.75, 3.05) is 0 Å². The molecule has 0 saturated heterocycles. The summed E-state index contributed by atoms with van der Waals surface area (Å²) < 4.78 is 2.20. The minimum absolute atomic E-state index is 0.580. The van der Waals surface area contributed by atoms with Crippen LogP contribution in [0, 0.1) is 11.3 Å². The predicted octanol–water partition coefficient (Wildman–Crippen LogP) is 14.1. The smallest absolute Gasteiger partial charge is 0.164 e. The largest absolute Gasteiger partial charge is 0.310 e. The zero-order valence-corrected chi connectivity index (χ0v) is 33.2. The van der Waals surface area contributed by atoms with Crippen molar-refractivity contribution in [2.45, 2.75) is 0 Å². The van der Waals surface area contributed by atoms with Crippen molar-refractivity contribution >= 4 is 60.9 Å². The zero-order chi connectivity index (χ0) is 41.3. The zero-order valence-electron chi connectivity index (χ0n) is 33.2. The SMILES string of the molecule is C=C/C=C\C=C\c1nc(-c2ccccc2)nc(-c2ccc3ccc4c(-c5ccc(/C(C=C)=C/c6cc7ccc(C#N)cc7n6-c6ccccc6)cc5)ccc5ccc2c3c54)n1. The Morgan fingerprint density at radius 1 is 0.574 bits per heavy atom. The van der Waals surface area contributed by atoms with E-state index in [2.05, 4.69) is 121 Å². The van der Waals surface area contributed by atoms with E-state index in [1.807, 2.05) is 97.1 Å². The van der Waals surface area contributed by atoms with Gasteiger partial charge in [0.25, 0.3) is 0 Å². The third-order valence-corrected chi connectivity index (χ3v) is 11.2. The van der Waals surface area contributed by atoms with E-state index in [0.717, 1.165) is 66.4 Å². The van der Waals surface area contributed by atoms with E-state index in [9.17, 15) is 5.26 Å². The van der Waals surface area contributed by atoms with Gasteiger partial charge in [0.05, 0.1) is 17.1 Å². The molecule has 0 atom stereocenters. The maximum atomic E-state index is 9.67. The summed E-state index contributed by atoms with van der Waals surface area (Å²) >= 11 is 0. The maximum absolute atomic E-state index is 9.67. The van der Waals surface area contributed by atoms with Gasteiger partial charge in [-0.25, -0.2) is 15.0 Å². The molecule has 0 saturated carbocycles. The van der Waals surface area contributed by atoms with Crippen LogP contribution in [0.15, 0.2) is 201 Å². The first-order chi connectivity index (χ1) is 30.1. The van der Waals surface area contributed by atoms with Crippen LogP contribution in [0.5, 0.6) is 0 Å². The summed E-state index contributed by atoms with van der Waals surface area (Å²) in [5.41, 5.74) is 9.85. The Kier molecular flexibility index (Phi) is 9.49. The van der Waals surface area contributed by atoms with Crippen molar-refractivity contribution in [2.24, 2.45) is 0 Å². The van der Waals surface area contributed by atoms with E-state index in [4.69, 9.17) is 15.0 Å². The van der Waals surface area contributed by atoms with Gasteiger partial charge in [-0.05, 0) is 103 Å². The monoisotopic (exact) mass is 779 g/mol. The third kappa shape index (κ3) is 6.78. The molecule has 2 aromatic heterocycles. The predicted molar refractivity (Wildman–Crippen MR) is 254 cm³/mol. The van der Waals surface area contributed by atoms with Gasteiger partial charge >= 0.3 is 0 Å². The van der Waals surface area contributed by atoms with Crippen molar-refractivity contribution < 1.29 is 0 Å². The first kappa shape index (κ1) is 36.9. The fourth-order valence-corrected chi connectivity index (χ4v) is 8.36. The van der Waals surface area contributed by atoms with Crippen LogP contribution in [0.25, 0.3) is 101 Å². The molecule has 0 spiro atoms. The highest BCUT2D eigenvalue weighted by Gasteiger charge is 2.18. The molecule has 5 nitrogen and oxygen atoms in total. The highest BCUT2D eigenvalue weighted by Crippen LogP contribution is 2.42. The Bertz CT molecular complexity index is 3440. The quantitative estimate of drug-likeness (QED) is 0.102. The lowest BCUT2D eigenvalue weighted by molar-refractivity contribution is 1.05. The third-order valence-electron chi connectivity index (χ3n) is 11.2. The second-order valence-corrected chi connectivity index (χ2v) is 14.8. The summed E-state index contributed by atoms with van der Waals surface area (Å²) in [7, 11) is 0. The van der Waals surface area contributed by atoms with Gasteiger partial charge in [0.15, 0.2) is 17.5 Å². The lowest BCUT2D eigenvalue weighted by Gasteiger charge is -2.16. The number of aromatic nitrogens is 4. The number of nitriles is 1. The van der Waals surface area contributed by atoms with Gasteiger partial charge in [0.1, 0.15) is 0 Å². The molecule has 0 radical (unpaired) electrons. The highest BCUT2D eigenvalue weighted by atomic mass is 15.0. The summed E-state index contributed by atoms with van der Waals surface area (Å²) in [4.78, 5) is 14.8. The van der Waals surface area contributed by atoms with Crippen molar-refractivity contribution in [1.29, 1.82) is 5.26 Å². The molecular weight excluding hydrogens is 743 g/mol. The van der Waals surface area contributed by atoms with Crippen LogP contribution in [0.3, 0.4) is 0 Å². The van der Waals surface area contributed by atoms with Crippen LogP contribution >= 0.6 is 0 Å². The molecule has 5 heteroatoms. The fraction of sp³-hybridized carbons (Fsp3) is 0. The molecule has 0 amide bonds. The van der Waals surface area contributed by atoms with Gasteiger partial charge in [-0.15, -0.1) is 0 Å².